The second-order valence-corrected chi connectivity index (χ2v) is 10.0. The van der Waals surface area contributed by atoms with Crippen molar-refractivity contribution in [2.45, 2.75) is 64.9 Å². The zero-order chi connectivity index (χ0) is 19.4. The lowest BCUT2D eigenvalue weighted by atomic mass is 9.47. The fourth-order valence-electron chi connectivity index (χ4n) is 7.45. The first-order chi connectivity index (χ1) is 13.6. The van der Waals surface area contributed by atoms with Crippen LogP contribution in [0.4, 0.5) is 0 Å². The van der Waals surface area contributed by atoms with Crippen molar-refractivity contribution in [2.24, 2.45) is 28.6 Å². The van der Waals surface area contributed by atoms with Crippen LogP contribution in [0.25, 0.3) is 5.57 Å². The number of rotatable bonds is 3. The smallest absolute Gasteiger partial charge is 0.293 e. The second-order valence-electron chi connectivity index (χ2n) is 10.0. The molecule has 4 aliphatic carbocycles. The molecule has 4 aliphatic rings. The summed E-state index contributed by atoms with van der Waals surface area (Å²) in [7, 11) is 0. The molecule has 0 saturated heterocycles. The summed E-state index contributed by atoms with van der Waals surface area (Å²) in [6.07, 6.45) is 13.4. The van der Waals surface area contributed by atoms with Crippen LogP contribution in [0.15, 0.2) is 48.1 Å². The molecule has 1 aromatic rings. The van der Waals surface area contributed by atoms with Gasteiger partial charge in [-0.05, 0) is 78.2 Å². The maximum absolute atomic E-state index is 10.8. The Balaban J connectivity index is 1.43. The van der Waals surface area contributed by atoms with E-state index in [0.717, 1.165) is 30.6 Å². The Labute approximate surface area is 169 Å². The molecule has 148 valence electrons. The minimum Gasteiger partial charge on any atom is -0.464 e. The third kappa shape index (κ3) is 2.56. The maximum Gasteiger partial charge on any atom is 0.293 e. The monoisotopic (exact) mass is 376 g/mol. The molecule has 0 aliphatic heterocycles. The van der Waals surface area contributed by atoms with E-state index >= 15 is 0 Å². The topological polar surface area (TPSA) is 26.3 Å². The largest absolute Gasteiger partial charge is 0.464 e. The molecule has 0 radical (unpaired) electrons. The maximum atomic E-state index is 10.8. The van der Waals surface area contributed by atoms with Gasteiger partial charge in [-0.15, -0.1) is 0 Å². The number of hydrogen-bond acceptors (Lipinski definition) is 2. The number of fused-ring (bicyclic) bond motifs is 5. The highest BCUT2D eigenvalue weighted by Gasteiger charge is 2.56. The molecule has 0 N–H and O–H groups in total. The molecule has 0 heterocycles. The van der Waals surface area contributed by atoms with Gasteiger partial charge in [0.05, 0.1) is 0 Å². The fraction of sp³-hybridized carbons (Fsp3) is 0.577. The van der Waals surface area contributed by atoms with Crippen molar-refractivity contribution < 1.29 is 9.53 Å². The van der Waals surface area contributed by atoms with Gasteiger partial charge in [0.1, 0.15) is 6.10 Å². The number of benzene rings is 1. The summed E-state index contributed by atoms with van der Waals surface area (Å²) < 4.78 is 5.33. The van der Waals surface area contributed by atoms with E-state index in [0.29, 0.717) is 17.3 Å². The van der Waals surface area contributed by atoms with E-state index in [1.54, 1.807) is 11.1 Å². The van der Waals surface area contributed by atoms with Crippen molar-refractivity contribution in [1.82, 2.24) is 0 Å². The molecule has 1 aromatic carbocycles. The van der Waals surface area contributed by atoms with E-state index in [-0.39, 0.29) is 6.10 Å². The van der Waals surface area contributed by atoms with Gasteiger partial charge in [-0.2, -0.15) is 0 Å². The molecule has 5 rings (SSSR count). The van der Waals surface area contributed by atoms with Crippen molar-refractivity contribution in [3.63, 3.8) is 0 Å². The van der Waals surface area contributed by atoms with Crippen molar-refractivity contribution in [1.29, 1.82) is 0 Å². The summed E-state index contributed by atoms with van der Waals surface area (Å²) >= 11 is 0. The minimum atomic E-state index is 0.0973. The molecule has 0 unspecified atom stereocenters. The number of allylic oxidation sites excluding steroid dienone is 3. The van der Waals surface area contributed by atoms with Crippen LogP contribution in [0.5, 0.6) is 0 Å². The van der Waals surface area contributed by atoms with E-state index < -0.39 is 0 Å². The van der Waals surface area contributed by atoms with Crippen LogP contribution < -0.4 is 0 Å². The summed E-state index contributed by atoms with van der Waals surface area (Å²) in [6.45, 7) is 5.69. The molecule has 28 heavy (non-hydrogen) atoms. The molecule has 2 heteroatoms. The van der Waals surface area contributed by atoms with Crippen LogP contribution >= 0.6 is 0 Å². The Morgan fingerprint density at radius 1 is 0.964 bits per heavy atom. The first-order valence-electron chi connectivity index (χ1n) is 11.1. The molecule has 2 fully saturated rings. The molecule has 0 aromatic heterocycles. The first kappa shape index (κ1) is 18.2. The van der Waals surface area contributed by atoms with E-state index in [1.807, 2.05) is 0 Å². The van der Waals surface area contributed by atoms with Crippen LogP contribution in [-0.2, 0) is 9.53 Å². The average molecular weight is 377 g/mol. The summed E-state index contributed by atoms with van der Waals surface area (Å²) in [4.78, 5) is 10.8. The van der Waals surface area contributed by atoms with Gasteiger partial charge >= 0.3 is 0 Å². The molecular formula is C26H32O2. The van der Waals surface area contributed by atoms with Gasteiger partial charge in [0, 0.05) is 6.42 Å². The van der Waals surface area contributed by atoms with E-state index in [2.05, 4.69) is 56.3 Å². The van der Waals surface area contributed by atoms with Gasteiger partial charge < -0.3 is 4.74 Å². The van der Waals surface area contributed by atoms with Crippen molar-refractivity contribution >= 4 is 12.0 Å². The zero-order valence-electron chi connectivity index (χ0n) is 17.2. The highest BCUT2D eigenvalue weighted by Crippen LogP contribution is 2.66. The second kappa shape index (κ2) is 6.61. The highest BCUT2D eigenvalue weighted by atomic mass is 16.5. The third-order valence-corrected chi connectivity index (χ3v) is 8.97. The first-order valence-corrected chi connectivity index (χ1v) is 11.1. The van der Waals surface area contributed by atoms with E-state index in [1.165, 1.54) is 37.7 Å². The molecule has 0 amide bonds. The van der Waals surface area contributed by atoms with E-state index in [9.17, 15) is 4.79 Å². The van der Waals surface area contributed by atoms with E-state index in [4.69, 9.17) is 4.74 Å². The van der Waals surface area contributed by atoms with Gasteiger partial charge in [-0.3, -0.25) is 4.79 Å². The number of carbonyl (C=O) groups is 1. The minimum absolute atomic E-state index is 0.0973. The standard InChI is InChI=1S/C26H32O2/c1-25-14-12-20(28-17-27)16-19(25)8-9-21-23-11-10-22(18-6-4-3-5-7-18)26(23,2)15-13-24(21)25/h3-8,10,17,20-21,23-24H,9,11-16H2,1-2H3/t20-,21-,23-,24-,25-,26+/m0/s1. The Hall–Kier alpha value is -1.83. The Morgan fingerprint density at radius 2 is 1.75 bits per heavy atom. The summed E-state index contributed by atoms with van der Waals surface area (Å²) in [5.41, 5.74) is 5.23. The van der Waals surface area contributed by atoms with Gasteiger partial charge in [-0.1, -0.05) is 61.9 Å². The van der Waals surface area contributed by atoms with Gasteiger partial charge in [0.15, 0.2) is 0 Å². The fourth-order valence-corrected chi connectivity index (χ4v) is 7.45. The molecule has 6 atom stereocenters. The van der Waals surface area contributed by atoms with Gasteiger partial charge in [0.2, 0.25) is 0 Å². The van der Waals surface area contributed by atoms with Crippen LogP contribution in [0.3, 0.4) is 0 Å². The average Bonchev–Trinajstić information content (AvgIpc) is 3.06. The Bertz CT molecular complexity index is 822. The van der Waals surface area contributed by atoms with Gasteiger partial charge in [0.25, 0.3) is 6.47 Å². The Morgan fingerprint density at radius 3 is 2.54 bits per heavy atom. The molecule has 0 bridgehead atoms. The lowest BCUT2D eigenvalue weighted by Crippen LogP contribution is -2.50. The van der Waals surface area contributed by atoms with Crippen molar-refractivity contribution in [2.75, 3.05) is 0 Å². The summed E-state index contributed by atoms with van der Waals surface area (Å²) in [5, 5.41) is 0. The Kier molecular flexibility index (Phi) is 4.30. The summed E-state index contributed by atoms with van der Waals surface area (Å²) in [5.74, 6) is 2.33. The number of ether oxygens (including phenoxy) is 1. The zero-order valence-corrected chi connectivity index (χ0v) is 17.2. The normalized spacial score (nSPS) is 41.8. The molecule has 2 nitrogen and oxygen atoms in total. The summed E-state index contributed by atoms with van der Waals surface area (Å²) in [6, 6.07) is 11.1. The molecule has 2 saturated carbocycles. The van der Waals surface area contributed by atoms with Crippen LogP contribution in [0.2, 0.25) is 0 Å². The lowest BCUT2D eigenvalue weighted by Gasteiger charge is -2.57. The molecular weight excluding hydrogens is 344 g/mol. The molecule has 0 spiro atoms. The van der Waals surface area contributed by atoms with Crippen molar-refractivity contribution in [3.05, 3.63) is 53.6 Å². The number of carbonyl (C=O) groups excluding carboxylic acids is 1. The SMILES string of the molecule is C[C@]12CC[C@H](OC=O)CC1=CC[C@@H]1[C@@H]2CC[C@]2(C)C(c3ccccc3)=CC[C@@H]12. The third-order valence-electron chi connectivity index (χ3n) is 8.97. The lowest BCUT2D eigenvalue weighted by molar-refractivity contribution is -0.135. The van der Waals surface area contributed by atoms with Crippen LogP contribution in [0.1, 0.15) is 64.4 Å². The van der Waals surface area contributed by atoms with Crippen LogP contribution in [0, 0.1) is 28.6 Å². The van der Waals surface area contributed by atoms with Crippen molar-refractivity contribution in [3.8, 4) is 0 Å². The highest BCUT2D eigenvalue weighted by molar-refractivity contribution is 5.72. The predicted octanol–water partition coefficient (Wildman–Crippen LogP) is 6.18. The van der Waals surface area contributed by atoms with Crippen LogP contribution in [-0.4, -0.2) is 12.6 Å². The van der Waals surface area contributed by atoms with Gasteiger partial charge in [-0.25, -0.2) is 0 Å². The quantitative estimate of drug-likeness (QED) is 0.465. The number of hydrogen-bond donors (Lipinski definition) is 0. The predicted molar refractivity (Wildman–Crippen MR) is 112 cm³/mol.